The van der Waals surface area contributed by atoms with Gasteiger partial charge < -0.3 is 5.32 Å². The molecule has 1 atom stereocenters. The summed E-state index contributed by atoms with van der Waals surface area (Å²) in [5.41, 5.74) is 2.96. The van der Waals surface area contributed by atoms with Crippen LogP contribution in [-0.4, -0.2) is 13.6 Å². The lowest BCUT2D eigenvalue weighted by Gasteiger charge is -2.12. The van der Waals surface area contributed by atoms with Crippen molar-refractivity contribution in [1.29, 1.82) is 0 Å². The van der Waals surface area contributed by atoms with E-state index in [0.29, 0.717) is 0 Å². The Morgan fingerprint density at radius 3 is 2.62 bits per heavy atom. The Morgan fingerprint density at radius 2 is 1.94 bits per heavy atom. The highest BCUT2D eigenvalue weighted by atomic mass is 35.5. The van der Waals surface area contributed by atoms with Gasteiger partial charge in [-0.05, 0) is 68.5 Å². The first kappa shape index (κ1) is 13.8. The summed E-state index contributed by atoms with van der Waals surface area (Å²) in [7, 11) is 2.04. The highest BCUT2D eigenvalue weighted by molar-refractivity contribution is 6.30. The van der Waals surface area contributed by atoms with Crippen molar-refractivity contribution in [2.45, 2.75) is 25.7 Å². The van der Waals surface area contributed by atoms with Crippen LogP contribution in [-0.2, 0) is 12.8 Å². The second kappa shape index (κ2) is 6.48. The molecule has 0 radical (unpaired) electrons. The van der Waals surface area contributed by atoms with Gasteiger partial charge in [-0.2, -0.15) is 0 Å². The number of halogens is 2. The Bertz CT molecular complexity index is 339. The van der Waals surface area contributed by atoms with Crippen LogP contribution in [0.5, 0.6) is 0 Å². The Balaban J connectivity index is 0.00000128. The molecule has 0 saturated heterocycles. The third kappa shape index (κ3) is 3.38. The van der Waals surface area contributed by atoms with Gasteiger partial charge in [-0.25, -0.2) is 0 Å². The van der Waals surface area contributed by atoms with E-state index in [-0.39, 0.29) is 12.4 Å². The molecule has 1 aromatic rings. The molecule has 0 bridgehead atoms. The van der Waals surface area contributed by atoms with Gasteiger partial charge in [0.05, 0.1) is 0 Å². The predicted octanol–water partition coefficient (Wildman–Crippen LogP) is 3.48. The molecule has 0 aliphatic heterocycles. The molecule has 2 rings (SSSR count). The van der Waals surface area contributed by atoms with Gasteiger partial charge in [0.15, 0.2) is 0 Å². The smallest absolute Gasteiger partial charge is 0.0408 e. The molecule has 3 heteroatoms. The number of fused-ring (bicyclic) bond motifs is 1. The van der Waals surface area contributed by atoms with Crippen LogP contribution in [0.25, 0.3) is 0 Å². The predicted molar refractivity (Wildman–Crippen MR) is 72.8 cm³/mol. The molecule has 16 heavy (non-hydrogen) atoms. The fourth-order valence-electron chi connectivity index (χ4n) is 2.43. The van der Waals surface area contributed by atoms with Crippen molar-refractivity contribution in [2.24, 2.45) is 5.92 Å². The zero-order valence-electron chi connectivity index (χ0n) is 9.63. The van der Waals surface area contributed by atoms with E-state index < -0.39 is 0 Å². The van der Waals surface area contributed by atoms with E-state index in [9.17, 15) is 0 Å². The van der Waals surface area contributed by atoms with E-state index in [1.807, 2.05) is 13.1 Å². The van der Waals surface area contributed by atoms with Crippen LogP contribution in [0.2, 0.25) is 5.02 Å². The van der Waals surface area contributed by atoms with Crippen molar-refractivity contribution in [3.8, 4) is 0 Å². The third-order valence-corrected chi connectivity index (χ3v) is 3.54. The van der Waals surface area contributed by atoms with E-state index in [1.54, 1.807) is 0 Å². The fourth-order valence-corrected chi connectivity index (χ4v) is 2.62. The lowest BCUT2D eigenvalue weighted by Crippen LogP contribution is -2.18. The first-order chi connectivity index (χ1) is 7.29. The second-order valence-electron chi connectivity index (χ2n) is 4.41. The first-order valence-corrected chi connectivity index (χ1v) is 6.09. The molecule has 1 aliphatic rings. The van der Waals surface area contributed by atoms with Crippen LogP contribution in [0, 0.1) is 5.92 Å². The molecular formula is C13H19Cl2N. The number of hydrogen-bond donors (Lipinski definition) is 1. The molecule has 1 N–H and O–H groups in total. The van der Waals surface area contributed by atoms with Gasteiger partial charge in [-0.3, -0.25) is 0 Å². The molecule has 90 valence electrons. The molecule has 0 heterocycles. The molecule has 1 aliphatic carbocycles. The zero-order chi connectivity index (χ0) is 10.7. The average Bonchev–Trinajstić information content (AvgIpc) is 2.42. The van der Waals surface area contributed by atoms with Gasteiger partial charge in [0.25, 0.3) is 0 Å². The number of nitrogens with one attached hydrogen (secondary N) is 1. The van der Waals surface area contributed by atoms with E-state index >= 15 is 0 Å². The van der Waals surface area contributed by atoms with Crippen LogP contribution < -0.4 is 5.32 Å². The topological polar surface area (TPSA) is 12.0 Å². The highest BCUT2D eigenvalue weighted by Gasteiger charge is 2.15. The maximum Gasteiger partial charge on any atom is 0.0408 e. The maximum absolute atomic E-state index is 6.02. The number of hydrogen-bond acceptors (Lipinski definition) is 1. The summed E-state index contributed by atoms with van der Waals surface area (Å²) in [6.45, 7) is 1.14. The van der Waals surface area contributed by atoms with Gasteiger partial charge in [0, 0.05) is 5.02 Å². The second-order valence-corrected chi connectivity index (χ2v) is 4.85. The van der Waals surface area contributed by atoms with Crippen molar-refractivity contribution in [2.75, 3.05) is 13.6 Å². The largest absolute Gasteiger partial charge is 0.319 e. The van der Waals surface area contributed by atoms with Crippen molar-refractivity contribution in [3.05, 3.63) is 34.3 Å². The van der Waals surface area contributed by atoms with Crippen LogP contribution in [0.15, 0.2) is 18.2 Å². The number of rotatable bonds is 2. The Labute approximate surface area is 109 Å². The summed E-state index contributed by atoms with van der Waals surface area (Å²) in [5.74, 6) is 0.821. The minimum absolute atomic E-state index is 0. The van der Waals surface area contributed by atoms with Gasteiger partial charge in [0.2, 0.25) is 0 Å². The number of aryl methyl sites for hydroxylation is 2. The Hall–Kier alpha value is -0.240. The van der Waals surface area contributed by atoms with Crippen molar-refractivity contribution in [1.82, 2.24) is 5.32 Å². The molecule has 1 unspecified atom stereocenters. The summed E-state index contributed by atoms with van der Waals surface area (Å²) < 4.78 is 0. The minimum Gasteiger partial charge on any atom is -0.319 e. The highest BCUT2D eigenvalue weighted by Crippen LogP contribution is 2.26. The molecule has 1 nitrogen and oxygen atoms in total. The summed E-state index contributed by atoms with van der Waals surface area (Å²) >= 11 is 6.02. The Kier molecular flexibility index (Phi) is 5.60. The Morgan fingerprint density at radius 1 is 1.25 bits per heavy atom. The van der Waals surface area contributed by atoms with Gasteiger partial charge in [-0.1, -0.05) is 17.7 Å². The monoisotopic (exact) mass is 259 g/mol. The van der Waals surface area contributed by atoms with Crippen LogP contribution >= 0.6 is 24.0 Å². The van der Waals surface area contributed by atoms with E-state index in [0.717, 1.165) is 17.5 Å². The first-order valence-electron chi connectivity index (χ1n) is 5.71. The van der Waals surface area contributed by atoms with Crippen molar-refractivity contribution in [3.63, 3.8) is 0 Å². The molecule has 0 aromatic heterocycles. The summed E-state index contributed by atoms with van der Waals surface area (Å²) in [4.78, 5) is 0. The average molecular weight is 260 g/mol. The van der Waals surface area contributed by atoms with Gasteiger partial charge >= 0.3 is 0 Å². The van der Waals surface area contributed by atoms with Crippen molar-refractivity contribution >= 4 is 24.0 Å². The quantitative estimate of drug-likeness (QED) is 0.803. The lowest BCUT2D eigenvalue weighted by molar-refractivity contribution is 0.445. The summed E-state index contributed by atoms with van der Waals surface area (Å²) in [6, 6.07) is 6.34. The molecule has 0 amide bonds. The zero-order valence-corrected chi connectivity index (χ0v) is 11.2. The lowest BCUT2D eigenvalue weighted by atomic mass is 10.00. The summed E-state index contributed by atoms with van der Waals surface area (Å²) in [6.07, 6.45) is 4.98. The normalized spacial score (nSPS) is 19.5. The molecule has 0 spiro atoms. The maximum atomic E-state index is 6.02. The molecule has 0 saturated carbocycles. The van der Waals surface area contributed by atoms with Crippen molar-refractivity contribution < 1.29 is 0 Å². The standard InChI is InChI=1S/C13H18ClN.ClH/c1-15-9-10-2-4-11-6-7-13(14)8-12(11)5-3-10;/h6-8,10,15H,2-5,9H2,1H3;1H. The van der Waals surface area contributed by atoms with Crippen LogP contribution in [0.3, 0.4) is 0 Å². The minimum atomic E-state index is 0. The van der Waals surface area contributed by atoms with Crippen LogP contribution in [0.1, 0.15) is 24.0 Å². The van der Waals surface area contributed by atoms with Crippen LogP contribution in [0.4, 0.5) is 0 Å². The number of benzene rings is 1. The van der Waals surface area contributed by atoms with E-state index in [2.05, 4.69) is 17.4 Å². The molecular weight excluding hydrogens is 241 g/mol. The van der Waals surface area contributed by atoms with Gasteiger partial charge in [-0.15, -0.1) is 12.4 Å². The van der Waals surface area contributed by atoms with E-state index in [1.165, 1.54) is 36.8 Å². The third-order valence-electron chi connectivity index (χ3n) is 3.30. The fraction of sp³-hybridized carbons (Fsp3) is 0.538. The van der Waals surface area contributed by atoms with Gasteiger partial charge in [0.1, 0.15) is 0 Å². The molecule has 1 aromatic carbocycles. The van der Waals surface area contributed by atoms with E-state index in [4.69, 9.17) is 11.6 Å². The molecule has 0 fully saturated rings. The SMILES string of the molecule is CNCC1CCc2ccc(Cl)cc2CC1.Cl. The summed E-state index contributed by atoms with van der Waals surface area (Å²) in [5, 5.41) is 4.15.